The molecule has 0 nitrogen and oxygen atoms in total. The summed E-state index contributed by atoms with van der Waals surface area (Å²) in [7, 11) is 0. The summed E-state index contributed by atoms with van der Waals surface area (Å²) in [6.07, 6.45) is 17.7. The molecular weight excluding hydrogens is 252 g/mol. The van der Waals surface area contributed by atoms with E-state index >= 15 is 0 Å². The number of rotatable bonds is 6. The molecule has 0 aliphatic rings. The number of benzene rings is 2. The van der Waals surface area contributed by atoms with Crippen LogP contribution in [0.5, 0.6) is 0 Å². The lowest BCUT2D eigenvalue weighted by Gasteiger charge is -1.89. The topological polar surface area (TPSA) is 0 Å². The molecule has 0 unspecified atom stereocenters. The molecule has 0 heteroatoms. The first-order valence-corrected chi connectivity index (χ1v) is 7.22. The molecule has 0 N–H and O–H groups in total. The lowest BCUT2D eigenvalue weighted by Crippen LogP contribution is -1.67. The van der Waals surface area contributed by atoms with E-state index in [0.29, 0.717) is 0 Å². The summed E-state index contributed by atoms with van der Waals surface area (Å²) in [5.74, 6) is 0. The van der Waals surface area contributed by atoms with E-state index in [2.05, 4.69) is 78.9 Å². The lowest BCUT2D eigenvalue weighted by molar-refractivity contribution is 1.41. The molecule has 21 heavy (non-hydrogen) atoms. The zero-order valence-electron chi connectivity index (χ0n) is 12.1. The fourth-order valence-electron chi connectivity index (χ4n) is 1.86. The van der Waals surface area contributed by atoms with Gasteiger partial charge in [0.2, 0.25) is 0 Å². The highest BCUT2D eigenvalue weighted by Crippen LogP contribution is 2.02. The molecule has 0 aliphatic heterocycles. The van der Waals surface area contributed by atoms with Gasteiger partial charge < -0.3 is 0 Å². The first-order valence-electron chi connectivity index (χ1n) is 7.22. The minimum atomic E-state index is 0.946. The average molecular weight is 272 g/mol. The Kier molecular flexibility index (Phi) is 6.57. The summed E-state index contributed by atoms with van der Waals surface area (Å²) < 4.78 is 0. The summed E-state index contributed by atoms with van der Waals surface area (Å²) >= 11 is 0. The maximum absolute atomic E-state index is 2.17. The van der Waals surface area contributed by atoms with Crippen LogP contribution in [0.15, 0.2) is 97.1 Å². The van der Waals surface area contributed by atoms with Gasteiger partial charge in [-0.15, -0.1) is 0 Å². The first-order chi connectivity index (χ1) is 10.4. The van der Waals surface area contributed by atoms with E-state index < -0.39 is 0 Å². The molecule has 2 aromatic rings. The second kappa shape index (κ2) is 9.33. The van der Waals surface area contributed by atoms with Crippen molar-refractivity contribution in [3.8, 4) is 0 Å². The molecule has 104 valence electrons. The van der Waals surface area contributed by atoms with Gasteiger partial charge in [0.15, 0.2) is 0 Å². The van der Waals surface area contributed by atoms with Crippen molar-refractivity contribution in [1.29, 1.82) is 0 Å². The Morgan fingerprint density at radius 2 is 1.10 bits per heavy atom. The van der Waals surface area contributed by atoms with Crippen molar-refractivity contribution in [2.24, 2.45) is 0 Å². The molecule has 0 bridgehead atoms. The van der Waals surface area contributed by atoms with Crippen LogP contribution < -0.4 is 0 Å². The zero-order valence-corrected chi connectivity index (χ0v) is 12.1. The fraction of sp³-hybridized carbons (Fsp3) is 0.0476. The molecule has 0 heterocycles. The third-order valence-corrected chi connectivity index (χ3v) is 2.94. The van der Waals surface area contributed by atoms with Crippen LogP contribution in [-0.4, -0.2) is 0 Å². The van der Waals surface area contributed by atoms with E-state index in [1.54, 1.807) is 0 Å². The van der Waals surface area contributed by atoms with Gasteiger partial charge in [-0.2, -0.15) is 0 Å². The van der Waals surface area contributed by atoms with E-state index in [1.807, 2.05) is 30.3 Å². The predicted octanol–water partition coefficient (Wildman–Crippen LogP) is 5.92. The molecular formula is C21H20. The molecule has 2 rings (SSSR count). The summed E-state index contributed by atoms with van der Waals surface area (Å²) in [4.78, 5) is 0. The molecule has 0 amide bonds. The third kappa shape index (κ3) is 6.40. The highest BCUT2D eigenvalue weighted by atomic mass is 13.9. The maximum atomic E-state index is 2.17. The van der Waals surface area contributed by atoms with E-state index in [0.717, 1.165) is 6.42 Å². The Hall–Kier alpha value is -2.60. The van der Waals surface area contributed by atoms with Crippen LogP contribution in [0, 0.1) is 0 Å². The standard InChI is InChI=1S/C21H20/c1(2-4-8-14-20-16-10-6-11-17-20)3-5-9-15-21-18-12-7-13-19-21/h1-4,6-19H,5H2/b3-1+,4-2+,14-8+,15-9+. The molecule has 2 aromatic carbocycles. The van der Waals surface area contributed by atoms with Crippen LogP contribution in [0.1, 0.15) is 17.5 Å². The Bertz CT molecular complexity index is 614. The van der Waals surface area contributed by atoms with Crippen LogP contribution in [0.4, 0.5) is 0 Å². The van der Waals surface area contributed by atoms with Crippen LogP contribution >= 0.6 is 0 Å². The smallest absolute Gasteiger partial charge is 0.0163 e. The van der Waals surface area contributed by atoms with Gasteiger partial charge in [0.05, 0.1) is 0 Å². The second-order valence-electron chi connectivity index (χ2n) is 4.63. The SMILES string of the molecule is C(=C\C=C\c1ccccc1)/C=C/C/C=C/c1ccccc1. The molecule has 0 atom stereocenters. The molecule has 0 fully saturated rings. The first kappa shape index (κ1) is 14.8. The third-order valence-electron chi connectivity index (χ3n) is 2.94. The van der Waals surface area contributed by atoms with E-state index in [-0.39, 0.29) is 0 Å². The monoisotopic (exact) mass is 272 g/mol. The molecule has 0 aliphatic carbocycles. The summed E-state index contributed by atoms with van der Waals surface area (Å²) in [5, 5.41) is 0. The van der Waals surface area contributed by atoms with Crippen LogP contribution in [-0.2, 0) is 0 Å². The molecule has 0 radical (unpaired) electrons. The molecule has 0 spiro atoms. The molecule has 0 saturated heterocycles. The van der Waals surface area contributed by atoms with E-state index in [1.165, 1.54) is 11.1 Å². The average Bonchev–Trinajstić information content (AvgIpc) is 2.55. The van der Waals surface area contributed by atoms with Crippen LogP contribution in [0.3, 0.4) is 0 Å². The van der Waals surface area contributed by atoms with Gasteiger partial charge in [-0.3, -0.25) is 0 Å². The highest BCUT2D eigenvalue weighted by molar-refractivity contribution is 5.51. The summed E-state index contributed by atoms with van der Waals surface area (Å²) in [5.41, 5.74) is 2.46. The van der Waals surface area contributed by atoms with Gasteiger partial charge in [0.25, 0.3) is 0 Å². The van der Waals surface area contributed by atoms with Gasteiger partial charge in [-0.05, 0) is 17.5 Å². The Balaban J connectivity index is 1.69. The summed E-state index contributed by atoms with van der Waals surface area (Å²) in [6.45, 7) is 0. The van der Waals surface area contributed by atoms with Crippen molar-refractivity contribution < 1.29 is 0 Å². The van der Waals surface area contributed by atoms with Crippen molar-refractivity contribution in [2.45, 2.75) is 6.42 Å². The highest BCUT2D eigenvalue weighted by Gasteiger charge is 1.81. The van der Waals surface area contributed by atoms with E-state index in [9.17, 15) is 0 Å². The number of allylic oxidation sites excluding steroid dienone is 6. The van der Waals surface area contributed by atoms with Crippen molar-refractivity contribution >= 4 is 12.2 Å². The minimum Gasteiger partial charge on any atom is -0.0807 e. The minimum absolute atomic E-state index is 0.946. The fourth-order valence-corrected chi connectivity index (χ4v) is 1.86. The quantitative estimate of drug-likeness (QED) is 0.573. The van der Waals surface area contributed by atoms with Crippen molar-refractivity contribution in [3.05, 3.63) is 108 Å². The van der Waals surface area contributed by atoms with Crippen molar-refractivity contribution in [1.82, 2.24) is 0 Å². The van der Waals surface area contributed by atoms with Gasteiger partial charge >= 0.3 is 0 Å². The predicted molar refractivity (Wildman–Crippen MR) is 93.8 cm³/mol. The number of hydrogen-bond acceptors (Lipinski definition) is 0. The normalized spacial score (nSPS) is 12.2. The number of hydrogen-bond donors (Lipinski definition) is 0. The summed E-state index contributed by atoms with van der Waals surface area (Å²) in [6, 6.07) is 20.6. The maximum Gasteiger partial charge on any atom is -0.0163 e. The molecule has 0 aromatic heterocycles. The Labute approximate surface area is 127 Å². The second-order valence-corrected chi connectivity index (χ2v) is 4.63. The van der Waals surface area contributed by atoms with Crippen molar-refractivity contribution in [3.63, 3.8) is 0 Å². The Morgan fingerprint density at radius 3 is 1.76 bits per heavy atom. The van der Waals surface area contributed by atoms with Crippen LogP contribution in [0.25, 0.3) is 12.2 Å². The van der Waals surface area contributed by atoms with Gasteiger partial charge in [0, 0.05) is 0 Å². The molecule has 0 saturated carbocycles. The zero-order chi connectivity index (χ0) is 14.6. The largest absolute Gasteiger partial charge is 0.0807 e. The van der Waals surface area contributed by atoms with Gasteiger partial charge in [-0.1, -0.05) is 109 Å². The van der Waals surface area contributed by atoms with Crippen LogP contribution in [0.2, 0.25) is 0 Å². The van der Waals surface area contributed by atoms with E-state index in [4.69, 9.17) is 0 Å². The lowest BCUT2D eigenvalue weighted by atomic mass is 10.2. The van der Waals surface area contributed by atoms with Gasteiger partial charge in [0.1, 0.15) is 0 Å². The van der Waals surface area contributed by atoms with Crippen molar-refractivity contribution in [2.75, 3.05) is 0 Å². The Morgan fingerprint density at radius 1 is 0.524 bits per heavy atom. The van der Waals surface area contributed by atoms with Gasteiger partial charge in [-0.25, -0.2) is 0 Å².